The van der Waals surface area contributed by atoms with Crippen LogP contribution >= 0.6 is 0 Å². The van der Waals surface area contributed by atoms with E-state index >= 15 is 0 Å². The van der Waals surface area contributed by atoms with Crippen LogP contribution in [0.25, 0.3) is 0 Å². The first kappa shape index (κ1) is 18.2. The number of phenolic OH excluding ortho intramolecular Hbond substituents is 1. The molecule has 0 saturated carbocycles. The first-order valence-corrected chi connectivity index (χ1v) is 8.11. The van der Waals surface area contributed by atoms with Crippen LogP contribution in [0.5, 0.6) is 11.5 Å². The molecule has 0 spiro atoms. The molecule has 1 heterocycles. The molecule has 3 rings (SSSR count). The van der Waals surface area contributed by atoms with Crippen LogP contribution in [-0.2, 0) is 4.79 Å². The average molecular weight is 371 g/mol. The molecule has 0 fully saturated rings. The topological polar surface area (TPSA) is 99.7 Å². The summed E-state index contributed by atoms with van der Waals surface area (Å²) in [4.78, 5) is 24.8. The second kappa shape index (κ2) is 7.36. The predicted octanol–water partition coefficient (Wildman–Crippen LogP) is 2.81. The third-order valence-electron chi connectivity index (χ3n) is 4.17. The molecule has 1 aliphatic heterocycles. The highest BCUT2D eigenvalue weighted by Crippen LogP contribution is 2.33. The Bertz CT molecular complexity index is 942. The monoisotopic (exact) mass is 371 g/mol. The number of amides is 3. The van der Waals surface area contributed by atoms with E-state index < -0.39 is 23.8 Å². The summed E-state index contributed by atoms with van der Waals surface area (Å²) in [5.41, 5.74) is 1.11. The SMILES string of the molecule is COc1cc([C@H]2NC(=O)NC(C)=C2C(=O)Nc2ccccc2F)ccc1O. The Kier molecular flexibility index (Phi) is 4.98. The number of hydrogen-bond acceptors (Lipinski definition) is 4. The number of allylic oxidation sites excluding steroid dienone is 1. The number of ether oxygens (including phenoxy) is 1. The molecule has 0 aromatic heterocycles. The Morgan fingerprint density at radius 3 is 2.70 bits per heavy atom. The van der Waals surface area contributed by atoms with Gasteiger partial charge in [0, 0.05) is 5.70 Å². The Labute approximate surface area is 154 Å². The second-order valence-corrected chi connectivity index (χ2v) is 5.94. The van der Waals surface area contributed by atoms with Crippen molar-refractivity contribution in [3.8, 4) is 11.5 Å². The van der Waals surface area contributed by atoms with Gasteiger partial charge in [-0.15, -0.1) is 0 Å². The fraction of sp³-hybridized carbons (Fsp3) is 0.158. The lowest BCUT2D eigenvalue weighted by Gasteiger charge is -2.29. The number of halogens is 1. The minimum atomic E-state index is -0.806. The van der Waals surface area contributed by atoms with Gasteiger partial charge in [0.05, 0.1) is 24.4 Å². The van der Waals surface area contributed by atoms with Gasteiger partial charge in [-0.25, -0.2) is 9.18 Å². The molecule has 0 saturated heterocycles. The molecule has 140 valence electrons. The summed E-state index contributed by atoms with van der Waals surface area (Å²) in [7, 11) is 1.40. The number of rotatable bonds is 4. The van der Waals surface area contributed by atoms with E-state index in [1.54, 1.807) is 19.1 Å². The third-order valence-corrected chi connectivity index (χ3v) is 4.17. The summed E-state index contributed by atoms with van der Waals surface area (Å²) in [6.07, 6.45) is 0. The fourth-order valence-corrected chi connectivity index (χ4v) is 2.87. The van der Waals surface area contributed by atoms with Crippen LogP contribution in [0.3, 0.4) is 0 Å². The first-order chi connectivity index (χ1) is 12.9. The van der Waals surface area contributed by atoms with Crippen molar-refractivity contribution in [1.82, 2.24) is 10.6 Å². The summed E-state index contributed by atoms with van der Waals surface area (Å²) in [6, 6.07) is 9.01. The normalized spacial score (nSPS) is 16.4. The third kappa shape index (κ3) is 3.69. The van der Waals surface area contributed by atoms with Gasteiger partial charge in [0.15, 0.2) is 11.5 Å². The smallest absolute Gasteiger partial charge is 0.319 e. The molecule has 3 amide bonds. The van der Waals surface area contributed by atoms with Gasteiger partial charge in [0.25, 0.3) is 5.91 Å². The fourth-order valence-electron chi connectivity index (χ4n) is 2.87. The van der Waals surface area contributed by atoms with Gasteiger partial charge in [-0.05, 0) is 36.8 Å². The van der Waals surface area contributed by atoms with Crippen molar-refractivity contribution < 1.29 is 23.8 Å². The van der Waals surface area contributed by atoms with Gasteiger partial charge in [-0.1, -0.05) is 18.2 Å². The number of nitrogens with one attached hydrogen (secondary N) is 3. The molecule has 1 atom stereocenters. The molecule has 0 bridgehead atoms. The van der Waals surface area contributed by atoms with Crippen molar-refractivity contribution in [3.05, 3.63) is 65.1 Å². The van der Waals surface area contributed by atoms with Gasteiger partial charge >= 0.3 is 6.03 Å². The van der Waals surface area contributed by atoms with E-state index in [1.165, 1.54) is 37.4 Å². The van der Waals surface area contributed by atoms with Crippen LogP contribution in [0.4, 0.5) is 14.9 Å². The molecule has 7 nitrogen and oxygen atoms in total. The number of phenols is 1. The minimum Gasteiger partial charge on any atom is -0.504 e. The zero-order valence-corrected chi connectivity index (χ0v) is 14.7. The maximum Gasteiger partial charge on any atom is 0.319 e. The van der Waals surface area contributed by atoms with Crippen molar-refractivity contribution in [3.63, 3.8) is 0 Å². The number of methoxy groups -OCH3 is 1. The molecular formula is C19H18FN3O4. The molecule has 0 aliphatic carbocycles. The largest absolute Gasteiger partial charge is 0.504 e. The Balaban J connectivity index is 1.99. The summed E-state index contributed by atoms with van der Waals surface area (Å²) in [5, 5.41) is 17.5. The van der Waals surface area contributed by atoms with Crippen molar-refractivity contribution >= 4 is 17.6 Å². The zero-order chi connectivity index (χ0) is 19.6. The maximum atomic E-state index is 13.9. The summed E-state index contributed by atoms with van der Waals surface area (Å²) in [6.45, 7) is 1.58. The molecule has 1 aliphatic rings. The number of para-hydroxylation sites is 1. The summed E-state index contributed by atoms with van der Waals surface area (Å²) < 4.78 is 19.0. The molecule has 2 aromatic rings. The van der Waals surface area contributed by atoms with Crippen LogP contribution in [0.2, 0.25) is 0 Å². The number of benzene rings is 2. The number of carbonyl (C=O) groups is 2. The molecule has 4 N–H and O–H groups in total. The van der Waals surface area contributed by atoms with Crippen molar-refractivity contribution in [1.29, 1.82) is 0 Å². The lowest BCUT2D eigenvalue weighted by Crippen LogP contribution is -2.46. The number of urea groups is 1. The summed E-state index contributed by atoms with van der Waals surface area (Å²) in [5.74, 6) is -1.01. The van der Waals surface area contributed by atoms with Gasteiger partial charge in [-0.2, -0.15) is 0 Å². The van der Waals surface area contributed by atoms with Crippen LogP contribution < -0.4 is 20.7 Å². The van der Waals surface area contributed by atoms with Gasteiger partial charge in [-0.3, -0.25) is 4.79 Å². The standard InChI is InChI=1S/C19H18FN3O4/c1-10-16(18(25)22-13-6-4-3-5-12(13)20)17(23-19(26)21-10)11-7-8-14(24)15(9-11)27-2/h3-9,17,24H,1-2H3,(H,22,25)(H2,21,23,26)/t17-/m1/s1. The van der Waals surface area contributed by atoms with Crippen LogP contribution in [0.15, 0.2) is 53.7 Å². The zero-order valence-electron chi connectivity index (χ0n) is 14.7. The number of aromatic hydroxyl groups is 1. The number of anilines is 1. The Hall–Kier alpha value is -3.55. The Morgan fingerprint density at radius 1 is 1.26 bits per heavy atom. The molecule has 0 radical (unpaired) electrons. The molecular weight excluding hydrogens is 353 g/mol. The maximum absolute atomic E-state index is 13.9. The lowest BCUT2D eigenvalue weighted by atomic mass is 9.94. The highest BCUT2D eigenvalue weighted by Gasteiger charge is 2.32. The quantitative estimate of drug-likeness (QED) is 0.664. The molecule has 2 aromatic carbocycles. The molecule has 0 unspecified atom stereocenters. The first-order valence-electron chi connectivity index (χ1n) is 8.11. The second-order valence-electron chi connectivity index (χ2n) is 5.94. The van der Waals surface area contributed by atoms with E-state index in [4.69, 9.17) is 4.74 Å². The van der Waals surface area contributed by atoms with Crippen LogP contribution in [-0.4, -0.2) is 24.2 Å². The van der Waals surface area contributed by atoms with Gasteiger partial charge in [0.1, 0.15) is 5.82 Å². The van der Waals surface area contributed by atoms with Crippen molar-refractivity contribution in [2.24, 2.45) is 0 Å². The van der Waals surface area contributed by atoms with E-state index in [0.717, 1.165) is 0 Å². The van der Waals surface area contributed by atoms with Gasteiger partial charge < -0.3 is 25.8 Å². The van der Waals surface area contributed by atoms with E-state index in [1.807, 2.05) is 0 Å². The van der Waals surface area contributed by atoms with Crippen LogP contribution in [0, 0.1) is 5.82 Å². The van der Waals surface area contributed by atoms with E-state index in [0.29, 0.717) is 11.3 Å². The van der Waals surface area contributed by atoms with E-state index in [-0.39, 0.29) is 22.8 Å². The number of hydrogen-bond donors (Lipinski definition) is 4. The van der Waals surface area contributed by atoms with E-state index in [2.05, 4.69) is 16.0 Å². The highest BCUT2D eigenvalue weighted by molar-refractivity contribution is 6.06. The minimum absolute atomic E-state index is 0.0294. The average Bonchev–Trinajstić information content (AvgIpc) is 2.63. The molecule has 8 heteroatoms. The van der Waals surface area contributed by atoms with E-state index in [9.17, 15) is 19.1 Å². The Morgan fingerprint density at radius 2 is 2.00 bits per heavy atom. The van der Waals surface area contributed by atoms with Crippen LogP contribution in [0.1, 0.15) is 18.5 Å². The van der Waals surface area contributed by atoms with Gasteiger partial charge in [0.2, 0.25) is 0 Å². The predicted molar refractivity (Wildman–Crippen MR) is 96.8 cm³/mol. The number of carbonyl (C=O) groups excluding carboxylic acids is 2. The highest BCUT2D eigenvalue weighted by atomic mass is 19.1. The summed E-state index contributed by atoms with van der Waals surface area (Å²) >= 11 is 0. The van der Waals surface area contributed by atoms with Crippen molar-refractivity contribution in [2.45, 2.75) is 13.0 Å². The molecule has 27 heavy (non-hydrogen) atoms. The van der Waals surface area contributed by atoms with Crippen molar-refractivity contribution in [2.75, 3.05) is 12.4 Å². The lowest BCUT2D eigenvalue weighted by molar-refractivity contribution is -0.113.